The topological polar surface area (TPSA) is 45.0 Å². The number of nitrogens with one attached hydrogen (secondary N) is 1. The van der Waals surface area contributed by atoms with Crippen LogP contribution in [0.3, 0.4) is 0 Å². The van der Waals surface area contributed by atoms with Gasteiger partial charge in [0.05, 0.1) is 18.6 Å². The maximum absolute atomic E-state index is 8.96. The molecule has 0 fully saturated rings. The highest BCUT2D eigenvalue weighted by molar-refractivity contribution is 5.35. The maximum Gasteiger partial charge on any atom is 0.123 e. The van der Waals surface area contributed by atoms with Crippen LogP contribution in [0, 0.1) is 16.7 Å². The number of nitriles is 1. The van der Waals surface area contributed by atoms with Crippen LogP contribution < -0.4 is 10.1 Å². The normalized spacial score (nSPS) is 12.8. The second-order valence-electron chi connectivity index (χ2n) is 5.52. The summed E-state index contributed by atoms with van der Waals surface area (Å²) in [5.41, 5.74) is 0.944. The van der Waals surface area contributed by atoms with E-state index in [4.69, 9.17) is 10.00 Å². The minimum absolute atomic E-state index is 0.227. The molecule has 3 heteroatoms. The summed E-state index contributed by atoms with van der Waals surface area (Å²) in [5.74, 6) is 0.917. The lowest BCUT2D eigenvalue weighted by molar-refractivity contribution is 0.394. The van der Waals surface area contributed by atoms with Crippen molar-refractivity contribution in [1.82, 2.24) is 5.32 Å². The van der Waals surface area contributed by atoms with Gasteiger partial charge >= 0.3 is 0 Å². The molecule has 104 valence electrons. The third-order valence-electron chi connectivity index (χ3n) is 3.34. The predicted octanol–water partition coefficient (Wildman–Crippen LogP) is 3.68. The Kier molecular flexibility index (Phi) is 5.85. The van der Waals surface area contributed by atoms with Crippen LogP contribution in [0.15, 0.2) is 24.3 Å². The molecular formula is C16H24N2O. The van der Waals surface area contributed by atoms with Gasteiger partial charge in [-0.3, -0.25) is 0 Å². The smallest absolute Gasteiger partial charge is 0.123 e. The zero-order valence-corrected chi connectivity index (χ0v) is 12.4. The summed E-state index contributed by atoms with van der Waals surface area (Å²) in [7, 11) is 1.70. The molecule has 0 saturated carbocycles. The summed E-state index contributed by atoms with van der Waals surface area (Å²) >= 11 is 0. The van der Waals surface area contributed by atoms with E-state index in [-0.39, 0.29) is 11.5 Å². The van der Waals surface area contributed by atoms with Gasteiger partial charge in [0.15, 0.2) is 0 Å². The molecule has 0 amide bonds. The summed E-state index contributed by atoms with van der Waals surface area (Å²) in [4.78, 5) is 0. The van der Waals surface area contributed by atoms with Gasteiger partial charge in [0.2, 0.25) is 0 Å². The van der Waals surface area contributed by atoms with Crippen LogP contribution in [-0.4, -0.2) is 13.7 Å². The Morgan fingerprint density at radius 2 is 2.05 bits per heavy atom. The van der Waals surface area contributed by atoms with Crippen LogP contribution in [0.25, 0.3) is 0 Å². The van der Waals surface area contributed by atoms with Crippen LogP contribution in [0.2, 0.25) is 0 Å². The van der Waals surface area contributed by atoms with Crippen LogP contribution >= 0.6 is 0 Å². The highest BCUT2D eigenvalue weighted by atomic mass is 16.5. The summed E-state index contributed by atoms with van der Waals surface area (Å²) < 4.78 is 5.36. The van der Waals surface area contributed by atoms with Crippen LogP contribution in [-0.2, 0) is 0 Å². The molecule has 1 atom stereocenters. The van der Waals surface area contributed by atoms with E-state index in [1.54, 1.807) is 7.11 Å². The van der Waals surface area contributed by atoms with E-state index in [0.29, 0.717) is 0 Å². The monoisotopic (exact) mass is 260 g/mol. The Bertz CT molecular complexity index is 435. The number of methoxy groups -OCH3 is 1. The van der Waals surface area contributed by atoms with Crippen molar-refractivity contribution in [3.05, 3.63) is 29.8 Å². The molecule has 19 heavy (non-hydrogen) atoms. The molecule has 1 rings (SSSR count). The van der Waals surface area contributed by atoms with E-state index in [2.05, 4.69) is 24.4 Å². The standard InChI is InChI=1S/C16H24N2O/c1-13(14-8-5-6-9-15(14)19-4)18-11-7-10-16(2,3)12-17/h5-6,8-9,13,18H,7,10-11H2,1-4H3/t13-/m1/s1. The summed E-state index contributed by atoms with van der Waals surface area (Å²) in [6.07, 6.45) is 1.91. The number of benzene rings is 1. The van der Waals surface area contributed by atoms with E-state index in [1.807, 2.05) is 32.0 Å². The van der Waals surface area contributed by atoms with Gasteiger partial charge in [-0.25, -0.2) is 0 Å². The quantitative estimate of drug-likeness (QED) is 0.761. The van der Waals surface area contributed by atoms with Crippen LogP contribution in [0.5, 0.6) is 5.75 Å². The Balaban J connectivity index is 2.44. The van der Waals surface area contributed by atoms with Crippen molar-refractivity contribution in [3.8, 4) is 11.8 Å². The second-order valence-corrected chi connectivity index (χ2v) is 5.52. The molecule has 0 heterocycles. The zero-order chi connectivity index (χ0) is 14.3. The molecule has 1 N–H and O–H groups in total. The largest absolute Gasteiger partial charge is 0.496 e. The van der Waals surface area contributed by atoms with Crippen molar-refractivity contribution in [1.29, 1.82) is 5.26 Å². The van der Waals surface area contributed by atoms with Gasteiger partial charge in [0.1, 0.15) is 5.75 Å². The van der Waals surface area contributed by atoms with Crippen molar-refractivity contribution in [3.63, 3.8) is 0 Å². The van der Waals surface area contributed by atoms with E-state index < -0.39 is 0 Å². The highest BCUT2D eigenvalue weighted by Gasteiger charge is 2.16. The Labute approximate surface area is 116 Å². The van der Waals surface area contributed by atoms with Crippen molar-refractivity contribution in [2.24, 2.45) is 5.41 Å². The third-order valence-corrected chi connectivity index (χ3v) is 3.34. The molecule has 3 nitrogen and oxygen atoms in total. The molecule has 0 unspecified atom stereocenters. The fourth-order valence-electron chi connectivity index (χ4n) is 2.04. The predicted molar refractivity (Wildman–Crippen MR) is 78.0 cm³/mol. The van der Waals surface area contributed by atoms with Gasteiger partial charge in [0.25, 0.3) is 0 Å². The average molecular weight is 260 g/mol. The lowest BCUT2D eigenvalue weighted by Gasteiger charge is -2.19. The zero-order valence-electron chi connectivity index (χ0n) is 12.4. The fourth-order valence-corrected chi connectivity index (χ4v) is 2.04. The molecule has 1 aromatic rings. The van der Waals surface area contributed by atoms with E-state index in [9.17, 15) is 0 Å². The molecule has 0 aliphatic heterocycles. The second kappa shape index (κ2) is 7.16. The first-order chi connectivity index (χ1) is 9.00. The van der Waals surface area contributed by atoms with E-state index in [0.717, 1.165) is 25.1 Å². The van der Waals surface area contributed by atoms with Gasteiger partial charge in [-0.1, -0.05) is 18.2 Å². The van der Waals surface area contributed by atoms with Crippen LogP contribution in [0.4, 0.5) is 0 Å². The summed E-state index contributed by atoms with van der Waals surface area (Å²) in [6.45, 7) is 7.00. The summed E-state index contributed by atoms with van der Waals surface area (Å²) in [5, 5.41) is 12.4. The first kappa shape index (κ1) is 15.5. The number of hydrogen-bond acceptors (Lipinski definition) is 3. The number of para-hydroxylation sites is 1. The number of rotatable bonds is 7. The van der Waals surface area contributed by atoms with E-state index in [1.165, 1.54) is 5.56 Å². The van der Waals surface area contributed by atoms with Crippen LogP contribution in [0.1, 0.15) is 45.2 Å². The van der Waals surface area contributed by atoms with Crippen molar-refractivity contribution < 1.29 is 4.74 Å². The molecule has 0 aliphatic rings. The molecular weight excluding hydrogens is 236 g/mol. The van der Waals surface area contributed by atoms with Gasteiger partial charge in [-0.05, 0) is 46.2 Å². The third kappa shape index (κ3) is 4.92. The van der Waals surface area contributed by atoms with Crippen molar-refractivity contribution >= 4 is 0 Å². The SMILES string of the molecule is COc1ccccc1[C@@H](C)NCCCC(C)(C)C#N. The Hall–Kier alpha value is -1.53. The number of hydrogen-bond donors (Lipinski definition) is 1. The highest BCUT2D eigenvalue weighted by Crippen LogP contribution is 2.25. The molecule has 1 aromatic carbocycles. The number of ether oxygens (including phenoxy) is 1. The fraction of sp³-hybridized carbons (Fsp3) is 0.562. The molecule has 0 spiro atoms. The molecule has 0 bridgehead atoms. The Morgan fingerprint density at radius 3 is 2.68 bits per heavy atom. The summed E-state index contributed by atoms with van der Waals surface area (Å²) in [6, 6.07) is 10.6. The van der Waals surface area contributed by atoms with E-state index >= 15 is 0 Å². The maximum atomic E-state index is 8.96. The lowest BCUT2D eigenvalue weighted by atomic mass is 9.90. The molecule has 0 radical (unpaired) electrons. The average Bonchev–Trinajstić information content (AvgIpc) is 2.43. The molecule has 0 saturated heterocycles. The van der Waals surface area contributed by atoms with Gasteiger partial charge < -0.3 is 10.1 Å². The first-order valence-electron chi connectivity index (χ1n) is 6.78. The van der Waals surface area contributed by atoms with Crippen molar-refractivity contribution in [2.45, 2.75) is 39.7 Å². The lowest BCUT2D eigenvalue weighted by Crippen LogP contribution is -2.22. The molecule has 0 aromatic heterocycles. The Morgan fingerprint density at radius 1 is 1.37 bits per heavy atom. The van der Waals surface area contributed by atoms with Gasteiger partial charge in [-0.2, -0.15) is 5.26 Å². The minimum atomic E-state index is -0.227. The van der Waals surface area contributed by atoms with Gasteiger partial charge in [-0.15, -0.1) is 0 Å². The minimum Gasteiger partial charge on any atom is -0.496 e. The number of nitrogens with zero attached hydrogens (tertiary/aromatic N) is 1. The van der Waals surface area contributed by atoms with Gasteiger partial charge in [0, 0.05) is 11.6 Å². The molecule has 0 aliphatic carbocycles. The van der Waals surface area contributed by atoms with Crippen molar-refractivity contribution in [2.75, 3.05) is 13.7 Å². The first-order valence-corrected chi connectivity index (χ1v) is 6.78.